The third-order valence-electron chi connectivity index (χ3n) is 4.42. The monoisotopic (exact) mass is 365 g/mol. The van der Waals surface area contributed by atoms with Crippen LogP contribution in [0.15, 0.2) is 33.6 Å². The maximum absolute atomic E-state index is 12.1. The molecule has 1 fully saturated rings. The van der Waals surface area contributed by atoms with Gasteiger partial charge in [-0.3, -0.25) is 9.59 Å². The van der Waals surface area contributed by atoms with Gasteiger partial charge in [-0.25, -0.2) is 0 Å². The lowest BCUT2D eigenvalue weighted by atomic mass is 9.95. The lowest BCUT2D eigenvalue weighted by molar-refractivity contribution is -0.137. The van der Waals surface area contributed by atoms with E-state index in [4.69, 9.17) is 5.11 Å². The number of amidine groups is 1. The number of carboxylic acid groups (broad SMARTS) is 1. The maximum atomic E-state index is 12.1. The van der Waals surface area contributed by atoms with Gasteiger partial charge in [0, 0.05) is 31.1 Å². The number of hydrogen-bond acceptors (Lipinski definition) is 5. The van der Waals surface area contributed by atoms with Crippen molar-refractivity contribution in [3.8, 4) is 0 Å². The zero-order chi connectivity index (χ0) is 18.0. The molecule has 2 N–H and O–H groups in total. The summed E-state index contributed by atoms with van der Waals surface area (Å²) >= 11 is 0. The summed E-state index contributed by atoms with van der Waals surface area (Å²) in [7, 11) is -3.64. The van der Waals surface area contributed by atoms with E-state index in [1.165, 1.54) is 0 Å². The van der Waals surface area contributed by atoms with Gasteiger partial charge in [-0.05, 0) is 25.0 Å². The topological polar surface area (TPSA) is 116 Å². The highest BCUT2D eigenvalue weighted by molar-refractivity contribution is 7.90. The number of carbonyl (C=O) groups is 2. The number of hydrogen-bond donors (Lipinski definition) is 2. The van der Waals surface area contributed by atoms with E-state index in [1.54, 1.807) is 24.3 Å². The summed E-state index contributed by atoms with van der Waals surface area (Å²) in [5, 5.41) is 11.2. The SMILES string of the molecule is O=C(O)CCNC(=O)C1CCN(C2=NS(=O)(=O)c3ccccc32)CC1. The smallest absolute Gasteiger partial charge is 0.305 e. The quantitative estimate of drug-likeness (QED) is 0.800. The van der Waals surface area contributed by atoms with Crippen LogP contribution in [-0.2, 0) is 19.6 Å². The zero-order valence-corrected chi connectivity index (χ0v) is 14.3. The van der Waals surface area contributed by atoms with Crippen LogP contribution in [-0.4, -0.2) is 55.8 Å². The molecule has 1 amide bonds. The molecular weight excluding hydrogens is 346 g/mol. The summed E-state index contributed by atoms with van der Waals surface area (Å²) in [6.45, 7) is 1.17. The van der Waals surface area contributed by atoms with Crippen molar-refractivity contribution in [2.45, 2.75) is 24.2 Å². The first kappa shape index (κ1) is 17.4. The normalized spacial score (nSPS) is 19.2. The van der Waals surface area contributed by atoms with Crippen molar-refractivity contribution < 1.29 is 23.1 Å². The van der Waals surface area contributed by atoms with Crippen molar-refractivity contribution in [1.82, 2.24) is 10.2 Å². The Morgan fingerprint density at radius 1 is 1.24 bits per heavy atom. The molecule has 0 atom stereocenters. The van der Waals surface area contributed by atoms with Crippen molar-refractivity contribution in [3.63, 3.8) is 0 Å². The number of rotatable bonds is 4. The molecule has 1 aromatic rings. The van der Waals surface area contributed by atoms with E-state index < -0.39 is 16.0 Å². The molecule has 2 aliphatic heterocycles. The molecule has 2 heterocycles. The zero-order valence-electron chi connectivity index (χ0n) is 13.5. The standard InChI is InChI=1S/C16H19N3O5S/c20-14(21)5-8-17-16(22)11-6-9-19(10-7-11)15-12-3-1-2-4-13(12)25(23,24)18-15/h1-4,11H,5-10H2,(H,17,22)(H,20,21). The van der Waals surface area contributed by atoms with Gasteiger partial charge >= 0.3 is 5.97 Å². The van der Waals surface area contributed by atoms with Crippen LogP contribution in [0.4, 0.5) is 0 Å². The van der Waals surface area contributed by atoms with Crippen molar-refractivity contribution in [3.05, 3.63) is 29.8 Å². The lowest BCUT2D eigenvalue weighted by Crippen LogP contribution is -2.43. The van der Waals surface area contributed by atoms with E-state index in [0.717, 1.165) is 0 Å². The summed E-state index contributed by atoms with van der Waals surface area (Å²) in [4.78, 5) is 24.7. The lowest BCUT2D eigenvalue weighted by Gasteiger charge is -2.32. The summed E-state index contributed by atoms with van der Waals surface area (Å²) in [6, 6.07) is 6.73. The van der Waals surface area contributed by atoms with E-state index in [2.05, 4.69) is 9.71 Å². The second-order valence-corrected chi connectivity index (χ2v) is 7.65. The second-order valence-electron chi connectivity index (χ2n) is 6.08. The molecule has 0 aromatic heterocycles. The Kier molecular flexibility index (Phi) is 4.76. The molecule has 0 aliphatic carbocycles. The second kappa shape index (κ2) is 6.83. The summed E-state index contributed by atoms with van der Waals surface area (Å²) < 4.78 is 28.2. The molecule has 3 rings (SSSR count). The molecule has 2 aliphatic rings. The van der Waals surface area contributed by atoms with E-state index in [-0.39, 0.29) is 29.7 Å². The van der Waals surface area contributed by atoms with Gasteiger partial charge in [0.25, 0.3) is 10.0 Å². The van der Waals surface area contributed by atoms with Crippen molar-refractivity contribution in [2.24, 2.45) is 10.3 Å². The van der Waals surface area contributed by atoms with Crippen LogP contribution in [0.1, 0.15) is 24.8 Å². The van der Waals surface area contributed by atoms with Gasteiger partial charge < -0.3 is 15.3 Å². The van der Waals surface area contributed by atoms with Gasteiger partial charge in [0.05, 0.1) is 6.42 Å². The van der Waals surface area contributed by atoms with Crippen molar-refractivity contribution >= 4 is 27.7 Å². The molecule has 1 saturated heterocycles. The first-order chi connectivity index (χ1) is 11.9. The average molecular weight is 365 g/mol. The molecule has 0 bridgehead atoms. The minimum atomic E-state index is -3.64. The number of piperidine rings is 1. The average Bonchev–Trinajstić information content (AvgIpc) is 2.86. The Labute approximate surface area is 145 Å². The molecule has 0 saturated carbocycles. The van der Waals surface area contributed by atoms with Crippen LogP contribution in [0.25, 0.3) is 0 Å². The highest BCUT2D eigenvalue weighted by atomic mass is 32.2. The van der Waals surface area contributed by atoms with Gasteiger partial charge in [0.1, 0.15) is 4.90 Å². The first-order valence-corrected chi connectivity index (χ1v) is 9.51. The van der Waals surface area contributed by atoms with E-state index in [9.17, 15) is 18.0 Å². The minimum Gasteiger partial charge on any atom is -0.481 e. The molecule has 0 unspecified atom stereocenters. The molecule has 0 spiro atoms. The fourth-order valence-corrected chi connectivity index (χ4v) is 4.33. The number of aliphatic carboxylic acids is 1. The number of likely N-dealkylation sites (tertiary alicyclic amines) is 1. The summed E-state index contributed by atoms with van der Waals surface area (Å²) in [5.41, 5.74) is 0.604. The minimum absolute atomic E-state index is 0.101. The number of nitrogens with zero attached hydrogens (tertiary/aromatic N) is 2. The maximum Gasteiger partial charge on any atom is 0.305 e. The highest BCUT2D eigenvalue weighted by Crippen LogP contribution is 2.29. The van der Waals surface area contributed by atoms with Crippen molar-refractivity contribution in [1.29, 1.82) is 0 Å². The predicted octanol–water partition coefficient (Wildman–Crippen LogP) is 0.438. The Morgan fingerprint density at radius 2 is 1.92 bits per heavy atom. The van der Waals surface area contributed by atoms with E-state index in [1.807, 2.05) is 4.90 Å². The summed E-state index contributed by atoms with van der Waals surface area (Å²) in [6.07, 6.45) is 1.04. The first-order valence-electron chi connectivity index (χ1n) is 8.07. The highest BCUT2D eigenvalue weighted by Gasteiger charge is 2.34. The number of benzene rings is 1. The molecule has 9 heteroatoms. The van der Waals surface area contributed by atoms with Crippen LogP contribution in [0.5, 0.6) is 0 Å². The number of amides is 1. The van der Waals surface area contributed by atoms with Crippen molar-refractivity contribution in [2.75, 3.05) is 19.6 Å². The predicted molar refractivity (Wildman–Crippen MR) is 89.7 cm³/mol. The van der Waals surface area contributed by atoms with Gasteiger partial charge in [0.2, 0.25) is 5.91 Å². The Balaban J connectivity index is 1.62. The third kappa shape index (κ3) is 3.65. The summed E-state index contributed by atoms with van der Waals surface area (Å²) in [5.74, 6) is -0.851. The number of carboxylic acids is 1. The fraction of sp³-hybridized carbons (Fsp3) is 0.438. The van der Waals surface area contributed by atoms with Gasteiger partial charge in [-0.1, -0.05) is 12.1 Å². The molecule has 1 aromatic carbocycles. The molecular formula is C16H19N3O5S. The van der Waals surface area contributed by atoms with Gasteiger partial charge in [-0.15, -0.1) is 4.40 Å². The molecule has 134 valence electrons. The van der Waals surface area contributed by atoms with Crippen LogP contribution >= 0.6 is 0 Å². The van der Waals surface area contributed by atoms with Gasteiger partial charge in [-0.2, -0.15) is 8.42 Å². The Bertz CT molecular complexity index is 826. The van der Waals surface area contributed by atoms with Crippen LogP contribution in [0, 0.1) is 5.92 Å². The molecule has 0 radical (unpaired) electrons. The molecule has 25 heavy (non-hydrogen) atoms. The number of nitrogens with one attached hydrogen (secondary N) is 1. The van der Waals surface area contributed by atoms with E-state index >= 15 is 0 Å². The third-order valence-corrected chi connectivity index (χ3v) is 5.74. The molecule has 8 nitrogen and oxygen atoms in total. The van der Waals surface area contributed by atoms with E-state index in [0.29, 0.717) is 37.3 Å². The van der Waals surface area contributed by atoms with Crippen LogP contribution in [0.2, 0.25) is 0 Å². The number of carbonyl (C=O) groups excluding carboxylic acids is 1. The van der Waals surface area contributed by atoms with Gasteiger partial charge in [0.15, 0.2) is 5.84 Å². The van der Waals surface area contributed by atoms with Crippen LogP contribution < -0.4 is 5.32 Å². The number of fused-ring (bicyclic) bond motifs is 1. The largest absolute Gasteiger partial charge is 0.481 e. The Hall–Kier alpha value is -2.42. The number of sulfonamides is 1. The fourth-order valence-electron chi connectivity index (χ4n) is 3.11. The Morgan fingerprint density at radius 3 is 2.60 bits per heavy atom. The van der Waals surface area contributed by atoms with Crippen LogP contribution in [0.3, 0.4) is 0 Å².